The van der Waals surface area contributed by atoms with Crippen molar-refractivity contribution in [2.45, 2.75) is 38.5 Å². The lowest BCUT2D eigenvalue weighted by molar-refractivity contribution is -0.121. The SMILES string of the molecule is CC(C)NC(=O)CCNCC(C)S(C)=O. The van der Waals surface area contributed by atoms with Crippen molar-refractivity contribution in [2.24, 2.45) is 0 Å². The molecule has 0 saturated carbocycles. The molecule has 1 amide bonds. The van der Waals surface area contributed by atoms with Crippen LogP contribution in [-0.2, 0) is 15.6 Å². The number of carbonyl (C=O) groups excluding carboxylic acids is 1. The molecule has 0 bridgehead atoms. The molecule has 0 aliphatic rings. The summed E-state index contributed by atoms with van der Waals surface area (Å²) in [5, 5.41) is 6.07. The maximum absolute atomic E-state index is 11.2. The fourth-order valence-electron chi connectivity index (χ4n) is 1.02. The van der Waals surface area contributed by atoms with Gasteiger partial charge in [0.1, 0.15) is 0 Å². The van der Waals surface area contributed by atoms with Gasteiger partial charge in [-0.1, -0.05) is 0 Å². The molecule has 0 aromatic rings. The van der Waals surface area contributed by atoms with Gasteiger partial charge in [-0.3, -0.25) is 9.00 Å². The molecule has 0 aromatic carbocycles. The Morgan fingerprint density at radius 1 is 1.33 bits per heavy atom. The van der Waals surface area contributed by atoms with Crippen LogP contribution < -0.4 is 10.6 Å². The van der Waals surface area contributed by atoms with Gasteiger partial charge in [0.15, 0.2) is 0 Å². The van der Waals surface area contributed by atoms with Gasteiger partial charge in [-0.25, -0.2) is 0 Å². The molecule has 0 heterocycles. The standard InChI is InChI=1S/C10H22N2O2S/c1-8(2)12-10(13)5-6-11-7-9(3)15(4)14/h8-9,11H,5-7H2,1-4H3,(H,12,13). The molecule has 0 aliphatic carbocycles. The quantitative estimate of drug-likeness (QED) is 0.621. The second-order valence-corrected chi connectivity index (χ2v) is 5.79. The van der Waals surface area contributed by atoms with E-state index < -0.39 is 10.8 Å². The summed E-state index contributed by atoms with van der Waals surface area (Å²) in [4.78, 5) is 11.2. The maximum atomic E-state index is 11.2. The molecule has 0 aliphatic heterocycles. The van der Waals surface area contributed by atoms with Gasteiger partial charge >= 0.3 is 0 Å². The zero-order chi connectivity index (χ0) is 11.8. The fraction of sp³-hybridized carbons (Fsp3) is 0.900. The first-order valence-corrected chi connectivity index (χ1v) is 6.88. The number of carbonyl (C=O) groups is 1. The first-order chi connectivity index (χ1) is 6.93. The average molecular weight is 234 g/mol. The molecule has 5 heteroatoms. The molecule has 4 nitrogen and oxygen atoms in total. The van der Waals surface area contributed by atoms with E-state index in [0.29, 0.717) is 19.5 Å². The minimum atomic E-state index is -0.797. The Labute approximate surface area is 94.7 Å². The third-order valence-corrected chi connectivity index (χ3v) is 3.28. The van der Waals surface area contributed by atoms with Crippen molar-refractivity contribution in [3.63, 3.8) is 0 Å². The Kier molecular flexibility index (Phi) is 7.60. The van der Waals surface area contributed by atoms with Crippen LogP contribution in [0.5, 0.6) is 0 Å². The number of amides is 1. The molecular formula is C10H22N2O2S. The zero-order valence-electron chi connectivity index (χ0n) is 10.0. The van der Waals surface area contributed by atoms with E-state index in [1.807, 2.05) is 20.8 Å². The lowest BCUT2D eigenvalue weighted by Crippen LogP contribution is -2.34. The number of hydrogen-bond donors (Lipinski definition) is 2. The highest BCUT2D eigenvalue weighted by Gasteiger charge is 2.06. The summed E-state index contributed by atoms with van der Waals surface area (Å²) in [7, 11) is -0.797. The van der Waals surface area contributed by atoms with Gasteiger partial charge in [-0.2, -0.15) is 0 Å². The molecule has 2 atom stereocenters. The fourth-order valence-corrected chi connectivity index (χ4v) is 1.37. The van der Waals surface area contributed by atoms with Gasteiger partial charge in [0.25, 0.3) is 0 Å². The Hall–Kier alpha value is -0.420. The third-order valence-electron chi connectivity index (χ3n) is 1.98. The summed E-state index contributed by atoms with van der Waals surface area (Å²) in [5.74, 6) is 0.0581. The Balaban J connectivity index is 3.46. The summed E-state index contributed by atoms with van der Waals surface area (Å²) >= 11 is 0. The van der Waals surface area contributed by atoms with Crippen molar-refractivity contribution >= 4 is 16.7 Å². The van der Waals surface area contributed by atoms with Gasteiger partial charge in [0, 0.05) is 47.9 Å². The first kappa shape index (κ1) is 14.6. The third kappa shape index (κ3) is 8.57. The van der Waals surface area contributed by atoms with Crippen LogP contribution in [-0.4, -0.2) is 40.8 Å². The van der Waals surface area contributed by atoms with E-state index in [0.717, 1.165) is 0 Å². The minimum Gasteiger partial charge on any atom is -0.354 e. The van der Waals surface area contributed by atoms with Gasteiger partial charge in [0.05, 0.1) is 0 Å². The molecule has 2 unspecified atom stereocenters. The summed E-state index contributed by atoms with van der Waals surface area (Å²) in [6.07, 6.45) is 2.17. The monoisotopic (exact) mass is 234 g/mol. The summed E-state index contributed by atoms with van der Waals surface area (Å²) in [6.45, 7) is 7.14. The highest BCUT2D eigenvalue weighted by atomic mass is 32.2. The van der Waals surface area contributed by atoms with E-state index in [1.54, 1.807) is 6.26 Å². The van der Waals surface area contributed by atoms with Crippen molar-refractivity contribution < 1.29 is 9.00 Å². The summed E-state index contributed by atoms with van der Waals surface area (Å²) < 4.78 is 11.0. The van der Waals surface area contributed by atoms with E-state index in [1.165, 1.54) is 0 Å². The van der Waals surface area contributed by atoms with E-state index in [9.17, 15) is 9.00 Å². The molecule has 0 radical (unpaired) electrons. The molecule has 0 fully saturated rings. The van der Waals surface area contributed by atoms with Crippen LogP contribution in [0.1, 0.15) is 27.2 Å². The minimum absolute atomic E-state index is 0.0581. The van der Waals surface area contributed by atoms with E-state index in [2.05, 4.69) is 10.6 Å². The van der Waals surface area contributed by atoms with E-state index >= 15 is 0 Å². The van der Waals surface area contributed by atoms with Gasteiger partial charge < -0.3 is 10.6 Å². The summed E-state index contributed by atoms with van der Waals surface area (Å²) in [6, 6.07) is 0.194. The number of nitrogens with one attached hydrogen (secondary N) is 2. The Morgan fingerprint density at radius 3 is 2.40 bits per heavy atom. The highest BCUT2D eigenvalue weighted by molar-refractivity contribution is 7.84. The van der Waals surface area contributed by atoms with Crippen LogP contribution in [0.3, 0.4) is 0 Å². The Bertz CT molecular complexity index is 219. The molecule has 90 valence electrons. The van der Waals surface area contributed by atoms with Crippen LogP contribution >= 0.6 is 0 Å². The van der Waals surface area contributed by atoms with Crippen LogP contribution in [0.15, 0.2) is 0 Å². The van der Waals surface area contributed by atoms with Gasteiger partial charge in [-0.05, 0) is 20.8 Å². The van der Waals surface area contributed by atoms with Crippen molar-refractivity contribution in [2.75, 3.05) is 19.3 Å². The average Bonchev–Trinajstić information content (AvgIpc) is 2.10. The van der Waals surface area contributed by atoms with Crippen molar-refractivity contribution in [3.05, 3.63) is 0 Å². The first-order valence-electron chi connectivity index (χ1n) is 5.25. The normalized spacial score (nSPS) is 15.0. The lowest BCUT2D eigenvalue weighted by Gasteiger charge is -2.11. The molecule has 2 N–H and O–H groups in total. The van der Waals surface area contributed by atoms with Crippen LogP contribution in [0.4, 0.5) is 0 Å². The van der Waals surface area contributed by atoms with Crippen LogP contribution in [0.25, 0.3) is 0 Å². The second-order valence-electron chi connectivity index (χ2n) is 3.99. The van der Waals surface area contributed by atoms with E-state index in [4.69, 9.17) is 0 Å². The molecule has 15 heavy (non-hydrogen) atoms. The molecule has 0 aromatic heterocycles. The van der Waals surface area contributed by atoms with Gasteiger partial charge in [-0.15, -0.1) is 0 Å². The maximum Gasteiger partial charge on any atom is 0.221 e. The molecule has 0 rings (SSSR count). The molecular weight excluding hydrogens is 212 g/mol. The smallest absolute Gasteiger partial charge is 0.221 e. The van der Waals surface area contributed by atoms with Crippen molar-refractivity contribution in [1.29, 1.82) is 0 Å². The molecule has 0 saturated heterocycles. The summed E-state index contributed by atoms with van der Waals surface area (Å²) in [5.41, 5.74) is 0. The molecule has 0 spiro atoms. The largest absolute Gasteiger partial charge is 0.354 e. The van der Waals surface area contributed by atoms with Crippen molar-refractivity contribution in [3.8, 4) is 0 Å². The highest BCUT2D eigenvalue weighted by Crippen LogP contribution is 1.90. The van der Waals surface area contributed by atoms with E-state index in [-0.39, 0.29) is 17.2 Å². The predicted molar refractivity (Wildman–Crippen MR) is 64.3 cm³/mol. The topological polar surface area (TPSA) is 58.2 Å². The Morgan fingerprint density at radius 2 is 1.93 bits per heavy atom. The number of rotatable bonds is 7. The zero-order valence-corrected chi connectivity index (χ0v) is 10.8. The predicted octanol–water partition coefficient (Wildman–Crippen LogP) is 0.258. The van der Waals surface area contributed by atoms with Crippen LogP contribution in [0.2, 0.25) is 0 Å². The second kappa shape index (κ2) is 7.82. The van der Waals surface area contributed by atoms with Crippen LogP contribution in [0, 0.1) is 0 Å². The lowest BCUT2D eigenvalue weighted by atomic mass is 10.3. The number of hydrogen-bond acceptors (Lipinski definition) is 3. The van der Waals surface area contributed by atoms with Crippen molar-refractivity contribution in [1.82, 2.24) is 10.6 Å². The van der Waals surface area contributed by atoms with Gasteiger partial charge in [0.2, 0.25) is 5.91 Å².